The number of hydrogen-bond acceptors (Lipinski definition) is 2. The molecule has 1 atom stereocenters. The van der Waals surface area contributed by atoms with Gasteiger partial charge in [-0.05, 0) is 37.6 Å². The van der Waals surface area contributed by atoms with Crippen LogP contribution in [0.1, 0.15) is 20.3 Å². The van der Waals surface area contributed by atoms with E-state index in [1.54, 1.807) is 19.2 Å². The number of anilines is 1. The average molecular weight is 238 g/mol. The number of carbonyl (C=O) groups is 1. The Morgan fingerprint density at radius 1 is 1.41 bits per heavy atom. The number of benzene rings is 1. The lowest BCUT2D eigenvalue weighted by Crippen LogP contribution is -2.44. The maximum absolute atomic E-state index is 12.8. The third-order valence-corrected chi connectivity index (χ3v) is 3.27. The number of nitrogens with two attached hydrogens (primary N) is 1. The van der Waals surface area contributed by atoms with Crippen molar-refractivity contribution in [3.05, 3.63) is 30.1 Å². The number of hydrogen-bond donors (Lipinski definition) is 1. The number of rotatable bonds is 4. The second-order valence-electron chi connectivity index (χ2n) is 4.46. The predicted molar refractivity (Wildman–Crippen MR) is 67.3 cm³/mol. The molecular weight excluding hydrogens is 219 g/mol. The highest BCUT2D eigenvalue weighted by Gasteiger charge is 2.32. The average Bonchev–Trinajstić information content (AvgIpc) is 2.37. The Kier molecular flexibility index (Phi) is 4.23. The second kappa shape index (κ2) is 5.27. The van der Waals surface area contributed by atoms with Crippen LogP contribution in [0.25, 0.3) is 0 Å². The van der Waals surface area contributed by atoms with Crippen LogP contribution in [0.5, 0.6) is 0 Å². The van der Waals surface area contributed by atoms with Crippen molar-refractivity contribution < 1.29 is 9.18 Å². The van der Waals surface area contributed by atoms with Crippen LogP contribution in [0.2, 0.25) is 0 Å². The Bertz CT molecular complexity index is 385. The molecule has 0 radical (unpaired) electrons. The molecule has 2 N–H and O–H groups in total. The summed E-state index contributed by atoms with van der Waals surface area (Å²) < 4.78 is 12.8. The largest absolute Gasteiger partial charge is 0.329 e. The molecule has 94 valence electrons. The zero-order chi connectivity index (χ0) is 13.1. The summed E-state index contributed by atoms with van der Waals surface area (Å²) >= 11 is 0. The summed E-state index contributed by atoms with van der Waals surface area (Å²) in [5.74, 6) is -0.360. The van der Waals surface area contributed by atoms with E-state index in [9.17, 15) is 9.18 Å². The lowest BCUT2D eigenvalue weighted by Gasteiger charge is -2.30. The van der Waals surface area contributed by atoms with Crippen molar-refractivity contribution in [2.45, 2.75) is 20.3 Å². The Labute approximate surface area is 101 Å². The Hall–Kier alpha value is -1.42. The van der Waals surface area contributed by atoms with E-state index in [1.807, 2.05) is 13.8 Å². The van der Waals surface area contributed by atoms with Crippen LogP contribution in [0, 0.1) is 11.2 Å². The van der Waals surface area contributed by atoms with Crippen LogP contribution in [0.15, 0.2) is 24.3 Å². The summed E-state index contributed by atoms with van der Waals surface area (Å²) in [6, 6.07) is 5.84. The molecule has 0 aliphatic carbocycles. The summed E-state index contributed by atoms with van der Waals surface area (Å²) in [4.78, 5) is 13.8. The Balaban J connectivity index is 2.93. The first-order valence-corrected chi connectivity index (χ1v) is 5.68. The molecule has 0 spiro atoms. The van der Waals surface area contributed by atoms with Gasteiger partial charge in [0.1, 0.15) is 5.82 Å². The highest BCUT2D eigenvalue weighted by molar-refractivity contribution is 5.97. The van der Waals surface area contributed by atoms with Crippen LogP contribution >= 0.6 is 0 Å². The highest BCUT2D eigenvalue weighted by atomic mass is 19.1. The quantitative estimate of drug-likeness (QED) is 0.873. The standard InChI is InChI=1S/C13H19FN2O/c1-4-13(2,9-15)12(17)16(3)11-7-5-10(14)6-8-11/h5-8H,4,9,15H2,1-3H3. The minimum absolute atomic E-state index is 0.0471. The van der Waals surface area contributed by atoms with Gasteiger partial charge in [0, 0.05) is 19.3 Å². The van der Waals surface area contributed by atoms with Crippen molar-refractivity contribution in [3.63, 3.8) is 0 Å². The molecule has 1 rings (SSSR count). The van der Waals surface area contributed by atoms with Gasteiger partial charge in [-0.15, -0.1) is 0 Å². The molecule has 0 aliphatic heterocycles. The van der Waals surface area contributed by atoms with E-state index in [2.05, 4.69) is 0 Å². The predicted octanol–water partition coefficient (Wildman–Crippen LogP) is 2.16. The molecule has 1 aromatic rings. The Morgan fingerprint density at radius 2 is 1.94 bits per heavy atom. The Morgan fingerprint density at radius 3 is 2.35 bits per heavy atom. The van der Waals surface area contributed by atoms with Crippen molar-refractivity contribution in [2.24, 2.45) is 11.1 Å². The molecule has 0 aliphatic rings. The van der Waals surface area contributed by atoms with Gasteiger partial charge in [0.05, 0.1) is 5.41 Å². The minimum atomic E-state index is -0.566. The number of nitrogens with zero attached hydrogens (tertiary/aromatic N) is 1. The molecule has 17 heavy (non-hydrogen) atoms. The number of halogens is 1. The smallest absolute Gasteiger partial charge is 0.233 e. The van der Waals surface area contributed by atoms with Crippen LogP contribution in [0.4, 0.5) is 10.1 Å². The molecule has 0 fully saturated rings. The molecule has 0 saturated heterocycles. The first kappa shape index (κ1) is 13.6. The van der Waals surface area contributed by atoms with E-state index in [0.717, 1.165) is 0 Å². The van der Waals surface area contributed by atoms with Gasteiger partial charge in [0.2, 0.25) is 5.91 Å². The molecule has 1 amide bonds. The highest BCUT2D eigenvalue weighted by Crippen LogP contribution is 2.25. The van der Waals surface area contributed by atoms with Crippen molar-refractivity contribution in [3.8, 4) is 0 Å². The van der Waals surface area contributed by atoms with Gasteiger partial charge in [-0.25, -0.2) is 4.39 Å². The minimum Gasteiger partial charge on any atom is -0.329 e. The van der Waals surface area contributed by atoms with Crippen LogP contribution < -0.4 is 10.6 Å². The summed E-state index contributed by atoms with van der Waals surface area (Å²) in [6.45, 7) is 4.08. The van der Waals surface area contributed by atoms with Gasteiger partial charge in [-0.1, -0.05) is 6.92 Å². The molecule has 1 aromatic carbocycles. The first-order chi connectivity index (χ1) is 7.94. The molecule has 0 aromatic heterocycles. The fraction of sp³-hybridized carbons (Fsp3) is 0.462. The van der Waals surface area contributed by atoms with E-state index in [1.165, 1.54) is 17.0 Å². The molecule has 0 heterocycles. The summed E-state index contributed by atoms with van der Waals surface area (Å²) in [6.07, 6.45) is 0.674. The SMILES string of the molecule is CCC(C)(CN)C(=O)N(C)c1ccc(F)cc1. The maximum atomic E-state index is 12.8. The number of carbonyl (C=O) groups excluding carboxylic acids is 1. The summed E-state index contributed by atoms with van der Waals surface area (Å²) in [5.41, 5.74) is 5.76. The zero-order valence-corrected chi connectivity index (χ0v) is 10.5. The van der Waals surface area contributed by atoms with E-state index >= 15 is 0 Å². The fourth-order valence-electron chi connectivity index (χ4n) is 1.57. The van der Waals surface area contributed by atoms with Crippen molar-refractivity contribution in [1.29, 1.82) is 0 Å². The first-order valence-electron chi connectivity index (χ1n) is 5.68. The second-order valence-corrected chi connectivity index (χ2v) is 4.46. The van der Waals surface area contributed by atoms with Crippen LogP contribution in [-0.4, -0.2) is 19.5 Å². The molecule has 3 nitrogen and oxygen atoms in total. The third-order valence-electron chi connectivity index (χ3n) is 3.27. The van der Waals surface area contributed by atoms with Crippen molar-refractivity contribution in [1.82, 2.24) is 0 Å². The summed E-state index contributed by atoms with van der Waals surface area (Å²) in [7, 11) is 1.68. The van der Waals surface area contributed by atoms with Gasteiger partial charge < -0.3 is 10.6 Å². The number of amides is 1. The van der Waals surface area contributed by atoms with E-state index in [-0.39, 0.29) is 11.7 Å². The van der Waals surface area contributed by atoms with E-state index in [4.69, 9.17) is 5.73 Å². The van der Waals surface area contributed by atoms with Crippen molar-refractivity contribution >= 4 is 11.6 Å². The fourth-order valence-corrected chi connectivity index (χ4v) is 1.57. The molecule has 1 unspecified atom stereocenters. The van der Waals surface area contributed by atoms with Gasteiger partial charge in [0.25, 0.3) is 0 Å². The summed E-state index contributed by atoms with van der Waals surface area (Å²) in [5, 5.41) is 0. The molecule has 0 bridgehead atoms. The zero-order valence-electron chi connectivity index (χ0n) is 10.5. The lowest BCUT2D eigenvalue weighted by molar-refractivity contribution is -0.126. The molecule has 4 heteroatoms. The van der Waals surface area contributed by atoms with Crippen molar-refractivity contribution in [2.75, 3.05) is 18.5 Å². The van der Waals surface area contributed by atoms with Gasteiger partial charge in [-0.3, -0.25) is 4.79 Å². The molecule has 0 saturated carbocycles. The third kappa shape index (κ3) is 2.82. The monoisotopic (exact) mass is 238 g/mol. The lowest BCUT2D eigenvalue weighted by atomic mass is 9.86. The van der Waals surface area contributed by atoms with E-state index in [0.29, 0.717) is 18.7 Å². The van der Waals surface area contributed by atoms with Gasteiger partial charge in [0.15, 0.2) is 0 Å². The maximum Gasteiger partial charge on any atom is 0.233 e. The molecular formula is C13H19FN2O. The van der Waals surface area contributed by atoms with Crippen LogP contribution in [-0.2, 0) is 4.79 Å². The van der Waals surface area contributed by atoms with Gasteiger partial charge in [-0.2, -0.15) is 0 Å². The van der Waals surface area contributed by atoms with Crippen LogP contribution in [0.3, 0.4) is 0 Å². The van der Waals surface area contributed by atoms with Gasteiger partial charge >= 0.3 is 0 Å². The normalized spacial score (nSPS) is 14.2. The van der Waals surface area contributed by atoms with E-state index < -0.39 is 5.41 Å². The topological polar surface area (TPSA) is 46.3 Å².